The van der Waals surface area contributed by atoms with Crippen molar-refractivity contribution in [3.8, 4) is 0 Å². The van der Waals surface area contributed by atoms with Gasteiger partial charge in [0.25, 0.3) is 0 Å². The van der Waals surface area contributed by atoms with E-state index in [1.165, 1.54) is 0 Å². The molecule has 0 aromatic heterocycles. The van der Waals surface area contributed by atoms with Crippen LogP contribution in [0.5, 0.6) is 0 Å². The molecule has 1 radical (unpaired) electrons. The molecular formula is O3V. The van der Waals surface area contributed by atoms with Gasteiger partial charge in [-0.25, -0.2) is 0 Å². The molecule has 0 atom stereocenters. The van der Waals surface area contributed by atoms with Gasteiger partial charge in [0.2, 0.25) is 0 Å². The zero-order chi connectivity index (χ0) is 2.71. The molecule has 0 N–H and O–H groups in total. The van der Waals surface area contributed by atoms with Gasteiger partial charge in [-0.05, 0) is 0 Å². The second-order valence-electron chi connectivity index (χ2n) is 0.0680. The Morgan fingerprint density at radius 2 is 1.75 bits per heavy atom. The van der Waals surface area contributed by atoms with Crippen LogP contribution in [0.1, 0.15) is 0 Å². The molecule has 0 rings (SSSR count). The van der Waals surface area contributed by atoms with Crippen LogP contribution in [-0.2, 0) is 18.6 Å². The summed E-state index contributed by atoms with van der Waals surface area (Å²) in [5, 5.41) is 7.88. The zero-order valence-corrected chi connectivity index (χ0v) is 3.07. The van der Waals surface area contributed by atoms with Gasteiger partial charge in [-0.3, -0.25) is 0 Å². The summed E-state index contributed by atoms with van der Waals surface area (Å²) in [6.45, 7) is 0. The van der Waals surface area contributed by atoms with Gasteiger partial charge in [-0.15, -0.1) is 0 Å². The number of hydrogen-bond acceptors (Lipinski definition) is 2. The van der Waals surface area contributed by atoms with Gasteiger partial charge >= 0.3 is 0 Å². The summed E-state index contributed by atoms with van der Waals surface area (Å²) in [7, 11) is 0. The van der Waals surface area contributed by atoms with Gasteiger partial charge < -0.3 is 0 Å². The van der Waals surface area contributed by atoms with E-state index >= 15 is 0 Å². The van der Waals surface area contributed by atoms with Crippen molar-refractivity contribution in [2.75, 3.05) is 0 Å². The van der Waals surface area contributed by atoms with E-state index in [1.807, 2.05) is 0 Å². The molecule has 0 heterocycles. The number of hydrogen-bond donors (Lipinski definition) is 0. The van der Waals surface area contributed by atoms with Gasteiger partial charge in [0.05, 0.1) is 0 Å². The molecule has 0 unspecified atom stereocenters. The third-order valence-corrected chi connectivity index (χ3v) is 0. The Morgan fingerprint density at radius 1 is 1.75 bits per heavy atom. The van der Waals surface area contributed by atoms with Crippen LogP contribution in [0.2, 0.25) is 0 Å². The molecule has 4 heteroatoms. The maximum atomic E-state index is 7.88. The minimum atomic E-state index is 0. The molecule has 0 aliphatic heterocycles. The smallest absolute Gasteiger partial charge is 0.0772 e. The minimum absolute atomic E-state index is 0. The average molecular weight is 98.9 g/mol. The van der Waals surface area contributed by atoms with Crippen LogP contribution < -0.4 is 5.26 Å². The Morgan fingerprint density at radius 3 is 1.75 bits per heavy atom. The van der Waals surface area contributed by atoms with Crippen LogP contribution in [0.4, 0.5) is 0 Å². The summed E-state index contributed by atoms with van der Waals surface area (Å²) in [6.07, 6.45) is 0. The Kier molecular flexibility index (Phi) is 27.3. The normalized spacial score (nSPS) is 3.00. The Bertz CT molecular complexity index is 10.8. The van der Waals surface area contributed by atoms with Crippen molar-refractivity contribution in [1.29, 1.82) is 0 Å². The van der Waals surface area contributed by atoms with Crippen LogP contribution in [0.15, 0.2) is 0 Å². The van der Waals surface area contributed by atoms with Crippen molar-refractivity contribution in [1.82, 2.24) is 0 Å². The summed E-state index contributed by atoms with van der Waals surface area (Å²) in [5.74, 6) is 0. The van der Waals surface area contributed by atoms with Crippen molar-refractivity contribution in [3.63, 3.8) is 0 Å². The molecule has 0 amide bonds. The maximum Gasteiger partial charge on any atom is 0.154 e. The summed E-state index contributed by atoms with van der Waals surface area (Å²) in [4.78, 5) is 7.88. The van der Waals surface area contributed by atoms with E-state index < -0.39 is 0 Å². The van der Waals surface area contributed by atoms with Gasteiger partial charge in [-0.1, -0.05) is 10.2 Å². The largest absolute Gasteiger partial charge is 0.154 e. The molecular weight excluding hydrogens is 98.9 g/mol. The molecule has 4 heavy (non-hydrogen) atoms. The Labute approximate surface area is 34.4 Å². The first kappa shape index (κ1) is 9.01. The van der Waals surface area contributed by atoms with Crippen molar-refractivity contribution >= 4 is 0 Å². The van der Waals surface area contributed by atoms with E-state index in [-0.39, 0.29) is 18.6 Å². The maximum absolute atomic E-state index is 7.88. The summed E-state index contributed by atoms with van der Waals surface area (Å²) < 4.78 is 1.75. The molecule has 0 aromatic carbocycles. The summed E-state index contributed by atoms with van der Waals surface area (Å²) in [6, 6.07) is 0. The second-order valence-corrected chi connectivity index (χ2v) is 0.0680. The van der Waals surface area contributed by atoms with E-state index in [0.717, 1.165) is 0 Å². The first-order valence-corrected chi connectivity index (χ1v) is 0.333. The number of rotatable bonds is 0. The van der Waals surface area contributed by atoms with Crippen LogP contribution in [0.3, 0.4) is 0 Å². The fourth-order valence-corrected chi connectivity index (χ4v) is 0. The van der Waals surface area contributed by atoms with Crippen molar-refractivity contribution in [3.05, 3.63) is 9.71 Å². The summed E-state index contributed by atoms with van der Waals surface area (Å²) >= 11 is 0. The van der Waals surface area contributed by atoms with E-state index in [1.54, 1.807) is 4.75 Å². The zero-order valence-electron chi connectivity index (χ0n) is 1.67. The molecule has 23 valence electrons. The van der Waals surface area contributed by atoms with E-state index in [4.69, 9.17) is 10.2 Å². The van der Waals surface area contributed by atoms with Crippen LogP contribution in [-0.4, -0.2) is 0 Å². The van der Waals surface area contributed by atoms with E-state index in [0.29, 0.717) is 0 Å². The third kappa shape index (κ3) is 7920. The molecule has 0 aliphatic carbocycles. The first-order chi connectivity index (χ1) is 1.41. The van der Waals surface area contributed by atoms with Crippen molar-refractivity contribution in [2.24, 2.45) is 0 Å². The van der Waals surface area contributed by atoms with Crippen LogP contribution in [0, 0.1) is 9.71 Å². The molecule has 0 fully saturated rings. The van der Waals surface area contributed by atoms with Gasteiger partial charge in [0.15, 0.2) is 4.75 Å². The monoisotopic (exact) mass is 98.9 g/mol. The predicted molar refractivity (Wildman–Crippen MR) is 6.73 cm³/mol. The molecule has 0 bridgehead atoms. The standard InChI is InChI=1S/O3.V/c1-3-2;. The first-order valence-electron chi connectivity index (χ1n) is 0.333. The van der Waals surface area contributed by atoms with Gasteiger partial charge in [0, 0.05) is 18.6 Å². The van der Waals surface area contributed by atoms with E-state index in [9.17, 15) is 0 Å². The fraction of sp³-hybridized carbons (Fsp3) is 0. The quantitative estimate of drug-likeness (QED) is 0.219. The molecule has 0 saturated heterocycles. The molecule has 0 aromatic rings. The van der Waals surface area contributed by atoms with Crippen LogP contribution in [0.25, 0.3) is 0 Å². The third-order valence-electron chi connectivity index (χ3n) is 0. The molecule has 0 aliphatic rings. The van der Waals surface area contributed by atoms with E-state index in [2.05, 4.69) is 0 Å². The molecule has 0 spiro atoms. The Hall–Kier alpha value is -0.0156. The summed E-state index contributed by atoms with van der Waals surface area (Å²) in [5.41, 5.74) is 0. The molecule has 0 saturated carbocycles. The predicted octanol–water partition coefficient (Wildman–Crippen LogP) is -1.12. The van der Waals surface area contributed by atoms with Crippen molar-refractivity contribution < 1.29 is 23.8 Å². The second kappa shape index (κ2) is 12.1. The van der Waals surface area contributed by atoms with Gasteiger partial charge in [-0.2, -0.15) is 0 Å². The van der Waals surface area contributed by atoms with Gasteiger partial charge in [0.1, 0.15) is 0 Å². The van der Waals surface area contributed by atoms with Crippen LogP contribution >= 0.6 is 0 Å². The SMILES string of the molecule is O=[O+][O-].[V]. The fourth-order valence-electron chi connectivity index (χ4n) is 0. The average Bonchev–Trinajstić information content (AvgIpc) is 0.918. The molecule has 3 nitrogen and oxygen atoms in total. The Balaban J connectivity index is 0. The van der Waals surface area contributed by atoms with Crippen molar-refractivity contribution in [2.45, 2.75) is 0 Å². The topological polar surface area (TPSA) is 51.4 Å². The minimum Gasteiger partial charge on any atom is -0.0772 e.